The lowest BCUT2D eigenvalue weighted by atomic mass is 10.2. The first-order chi connectivity index (χ1) is 11.8. The van der Waals surface area contributed by atoms with Crippen molar-refractivity contribution in [3.63, 3.8) is 0 Å². The average molecular weight is 370 g/mol. The third-order valence-electron chi connectivity index (χ3n) is 3.02. The van der Waals surface area contributed by atoms with Crippen molar-refractivity contribution in [2.45, 2.75) is 24.0 Å². The van der Waals surface area contributed by atoms with Gasteiger partial charge in [-0.25, -0.2) is 14.4 Å². The highest BCUT2D eigenvalue weighted by atomic mass is 32.2. The molecule has 0 N–H and O–H groups in total. The van der Waals surface area contributed by atoms with Gasteiger partial charge >= 0.3 is 6.18 Å². The molecule has 0 bridgehead atoms. The van der Waals surface area contributed by atoms with Crippen LogP contribution in [0.4, 0.5) is 17.6 Å². The second kappa shape index (κ2) is 6.79. The van der Waals surface area contributed by atoms with Crippen molar-refractivity contribution in [3.8, 4) is 11.4 Å². The Morgan fingerprint density at radius 3 is 2.48 bits per heavy atom. The van der Waals surface area contributed by atoms with Gasteiger partial charge in [-0.3, -0.25) is 0 Å². The van der Waals surface area contributed by atoms with Crippen molar-refractivity contribution >= 4 is 11.8 Å². The largest absolute Gasteiger partial charge is 0.433 e. The number of alkyl halides is 3. The van der Waals surface area contributed by atoms with E-state index in [0.29, 0.717) is 5.56 Å². The predicted molar refractivity (Wildman–Crippen MR) is 81.0 cm³/mol. The van der Waals surface area contributed by atoms with Gasteiger partial charge in [-0.15, -0.1) is 0 Å². The van der Waals surface area contributed by atoms with E-state index in [2.05, 4.69) is 20.1 Å². The Kier molecular flexibility index (Phi) is 4.71. The quantitative estimate of drug-likeness (QED) is 0.388. The minimum absolute atomic E-state index is 0.0335. The Balaban J connectivity index is 1.72. The van der Waals surface area contributed by atoms with Crippen LogP contribution in [-0.4, -0.2) is 20.1 Å². The maximum Gasteiger partial charge on any atom is 0.433 e. The molecule has 130 valence electrons. The van der Waals surface area contributed by atoms with E-state index in [4.69, 9.17) is 4.52 Å². The van der Waals surface area contributed by atoms with E-state index < -0.39 is 11.9 Å². The highest BCUT2D eigenvalue weighted by Gasteiger charge is 2.33. The number of thioether (sulfide) groups is 1. The molecule has 0 aliphatic carbocycles. The molecular formula is C15H10F4N4OS. The van der Waals surface area contributed by atoms with Crippen molar-refractivity contribution in [2.24, 2.45) is 0 Å². The third kappa shape index (κ3) is 4.32. The number of hydrogen-bond acceptors (Lipinski definition) is 6. The maximum absolute atomic E-state index is 12.9. The molecule has 0 fully saturated rings. The minimum atomic E-state index is -4.54. The Bertz CT molecular complexity index is 880. The van der Waals surface area contributed by atoms with Gasteiger partial charge in [-0.2, -0.15) is 18.2 Å². The van der Waals surface area contributed by atoms with Crippen LogP contribution in [0, 0.1) is 12.7 Å². The number of rotatable bonds is 4. The number of nitrogens with zero attached hydrogens (tertiary/aromatic N) is 4. The summed E-state index contributed by atoms with van der Waals surface area (Å²) in [6.07, 6.45) is -4.54. The fourth-order valence-electron chi connectivity index (χ4n) is 1.91. The molecule has 5 nitrogen and oxygen atoms in total. The molecule has 0 spiro atoms. The lowest BCUT2D eigenvalue weighted by Crippen LogP contribution is -2.10. The Hall–Kier alpha value is -2.49. The zero-order chi connectivity index (χ0) is 18.0. The van der Waals surface area contributed by atoms with E-state index in [-0.39, 0.29) is 34.1 Å². The molecule has 1 aromatic carbocycles. The van der Waals surface area contributed by atoms with Gasteiger partial charge in [0.2, 0.25) is 11.7 Å². The molecule has 0 aliphatic heterocycles. The van der Waals surface area contributed by atoms with Crippen LogP contribution in [-0.2, 0) is 11.9 Å². The summed E-state index contributed by atoms with van der Waals surface area (Å²) in [7, 11) is 0. The van der Waals surface area contributed by atoms with Crippen molar-refractivity contribution in [1.29, 1.82) is 0 Å². The lowest BCUT2D eigenvalue weighted by molar-refractivity contribution is -0.141. The summed E-state index contributed by atoms with van der Waals surface area (Å²) in [4.78, 5) is 11.6. The molecule has 0 aliphatic rings. The normalized spacial score (nSPS) is 11.7. The maximum atomic E-state index is 12.9. The Morgan fingerprint density at radius 1 is 1.08 bits per heavy atom. The fraction of sp³-hybridized carbons (Fsp3) is 0.200. The number of aromatic nitrogens is 4. The summed E-state index contributed by atoms with van der Waals surface area (Å²) in [5, 5.41) is 3.73. The van der Waals surface area contributed by atoms with E-state index in [9.17, 15) is 17.6 Å². The fourth-order valence-corrected chi connectivity index (χ4v) is 2.65. The highest BCUT2D eigenvalue weighted by molar-refractivity contribution is 7.98. The number of benzene rings is 1. The van der Waals surface area contributed by atoms with Crippen molar-refractivity contribution in [3.05, 3.63) is 53.4 Å². The van der Waals surface area contributed by atoms with Gasteiger partial charge in [0.15, 0.2) is 5.16 Å². The number of hydrogen-bond donors (Lipinski definition) is 0. The summed E-state index contributed by atoms with van der Waals surface area (Å²) in [6.45, 7) is 1.46. The summed E-state index contributed by atoms with van der Waals surface area (Å²) in [6, 6.07) is 6.40. The van der Waals surface area contributed by atoms with Crippen molar-refractivity contribution < 1.29 is 22.1 Å². The van der Waals surface area contributed by atoms with Gasteiger partial charge < -0.3 is 4.52 Å². The van der Waals surface area contributed by atoms with Crippen LogP contribution in [0.5, 0.6) is 0 Å². The molecule has 2 aromatic heterocycles. The Labute approximate surface area is 143 Å². The zero-order valence-electron chi connectivity index (χ0n) is 12.7. The molecule has 0 saturated heterocycles. The van der Waals surface area contributed by atoms with Crippen molar-refractivity contribution in [1.82, 2.24) is 20.1 Å². The van der Waals surface area contributed by atoms with Crippen LogP contribution >= 0.6 is 11.8 Å². The minimum Gasteiger partial charge on any atom is -0.338 e. The van der Waals surface area contributed by atoms with Crippen LogP contribution in [0.1, 0.15) is 17.3 Å². The van der Waals surface area contributed by atoms with Gasteiger partial charge in [0, 0.05) is 11.3 Å². The number of halogens is 4. The van der Waals surface area contributed by atoms with Crippen LogP contribution in [0.2, 0.25) is 0 Å². The highest BCUT2D eigenvalue weighted by Crippen LogP contribution is 2.30. The average Bonchev–Trinajstić information content (AvgIpc) is 3.01. The first-order valence-corrected chi connectivity index (χ1v) is 7.94. The van der Waals surface area contributed by atoms with E-state index in [1.807, 2.05) is 0 Å². The molecule has 3 aromatic rings. The lowest BCUT2D eigenvalue weighted by Gasteiger charge is -2.07. The first kappa shape index (κ1) is 17.3. The summed E-state index contributed by atoms with van der Waals surface area (Å²) in [5.41, 5.74) is -0.227. The summed E-state index contributed by atoms with van der Waals surface area (Å²) < 4.78 is 56.2. The van der Waals surface area contributed by atoms with Crippen LogP contribution < -0.4 is 0 Å². The first-order valence-electron chi connectivity index (χ1n) is 6.95. The second-order valence-electron chi connectivity index (χ2n) is 4.98. The van der Waals surface area contributed by atoms with Gasteiger partial charge in [-0.1, -0.05) is 16.9 Å². The Morgan fingerprint density at radius 2 is 1.80 bits per heavy atom. The topological polar surface area (TPSA) is 64.7 Å². The summed E-state index contributed by atoms with van der Waals surface area (Å²) in [5.74, 6) is 0.175. The number of aryl methyl sites for hydroxylation is 1. The van der Waals surface area contributed by atoms with E-state index in [0.717, 1.165) is 17.8 Å². The van der Waals surface area contributed by atoms with Crippen LogP contribution in [0.15, 0.2) is 40.0 Å². The molecule has 2 heterocycles. The molecule has 0 unspecified atom stereocenters. The van der Waals surface area contributed by atoms with E-state index in [1.54, 1.807) is 0 Å². The van der Waals surface area contributed by atoms with E-state index in [1.165, 1.54) is 31.2 Å². The second-order valence-corrected chi connectivity index (χ2v) is 5.92. The standard InChI is InChI=1S/C15H10F4N4OS/c1-8-6-11(15(17,18)19)21-14(20-8)25-7-12-22-13(23-24-12)9-2-4-10(16)5-3-9/h2-6H,7H2,1H3. The molecular weight excluding hydrogens is 360 g/mol. The van der Waals surface area contributed by atoms with Gasteiger partial charge in [0.1, 0.15) is 11.5 Å². The third-order valence-corrected chi connectivity index (χ3v) is 3.85. The monoisotopic (exact) mass is 370 g/mol. The molecule has 25 heavy (non-hydrogen) atoms. The smallest absolute Gasteiger partial charge is 0.338 e. The van der Waals surface area contributed by atoms with E-state index >= 15 is 0 Å². The van der Waals surface area contributed by atoms with Crippen LogP contribution in [0.3, 0.4) is 0 Å². The SMILES string of the molecule is Cc1cc(C(F)(F)F)nc(SCc2nc(-c3ccc(F)cc3)no2)n1. The molecule has 3 rings (SSSR count). The summed E-state index contributed by atoms with van der Waals surface area (Å²) >= 11 is 0.950. The molecule has 0 radical (unpaired) electrons. The zero-order valence-corrected chi connectivity index (χ0v) is 13.5. The molecule has 0 saturated carbocycles. The van der Waals surface area contributed by atoms with Gasteiger partial charge in [0.25, 0.3) is 0 Å². The predicted octanol–water partition coefficient (Wildman–Crippen LogP) is 4.29. The van der Waals surface area contributed by atoms with Gasteiger partial charge in [0.05, 0.1) is 5.75 Å². The molecule has 0 atom stereocenters. The molecule has 10 heteroatoms. The van der Waals surface area contributed by atoms with Crippen molar-refractivity contribution in [2.75, 3.05) is 0 Å². The van der Waals surface area contributed by atoms with Gasteiger partial charge in [-0.05, 0) is 37.3 Å². The molecule has 0 amide bonds. The van der Waals surface area contributed by atoms with Crippen LogP contribution in [0.25, 0.3) is 11.4 Å².